The Labute approximate surface area is 111 Å². The summed E-state index contributed by atoms with van der Waals surface area (Å²) in [5.41, 5.74) is 8.82. The van der Waals surface area contributed by atoms with E-state index in [-0.39, 0.29) is 0 Å². The molecule has 0 bridgehead atoms. The number of nitrogens with zero attached hydrogens (tertiary/aromatic N) is 1. The van der Waals surface area contributed by atoms with Crippen molar-refractivity contribution in [2.75, 3.05) is 12.8 Å². The van der Waals surface area contributed by atoms with Gasteiger partial charge in [-0.15, -0.1) is 11.8 Å². The number of aryl methyl sites for hydroxylation is 1. The molecule has 1 aromatic carbocycles. The van der Waals surface area contributed by atoms with Crippen molar-refractivity contribution in [3.05, 3.63) is 47.7 Å². The summed E-state index contributed by atoms with van der Waals surface area (Å²) < 4.78 is 5.11. The van der Waals surface area contributed by atoms with E-state index in [1.54, 1.807) is 18.9 Å². The molecule has 2 N–H and O–H groups in total. The molecular formula is C14H16N2OS. The molecule has 0 amide bonds. The lowest BCUT2D eigenvalue weighted by Gasteiger charge is -2.07. The van der Waals surface area contributed by atoms with Gasteiger partial charge in [-0.25, -0.2) is 4.98 Å². The van der Waals surface area contributed by atoms with Gasteiger partial charge in [0.05, 0.1) is 12.8 Å². The summed E-state index contributed by atoms with van der Waals surface area (Å²) in [5.74, 6) is 1.46. The van der Waals surface area contributed by atoms with Crippen molar-refractivity contribution in [2.24, 2.45) is 0 Å². The predicted molar refractivity (Wildman–Crippen MR) is 75.9 cm³/mol. The number of thioether (sulfide) groups is 1. The summed E-state index contributed by atoms with van der Waals surface area (Å²) in [6, 6.07) is 11.8. The van der Waals surface area contributed by atoms with Gasteiger partial charge in [0, 0.05) is 22.4 Å². The van der Waals surface area contributed by atoms with E-state index in [1.807, 2.05) is 36.4 Å². The van der Waals surface area contributed by atoms with E-state index in [1.165, 1.54) is 10.5 Å². The van der Waals surface area contributed by atoms with Crippen LogP contribution < -0.4 is 10.5 Å². The van der Waals surface area contributed by atoms with Gasteiger partial charge in [0.25, 0.3) is 0 Å². The lowest BCUT2D eigenvalue weighted by Crippen LogP contribution is -1.92. The molecule has 1 aromatic heterocycles. The van der Waals surface area contributed by atoms with Crippen LogP contribution in [0.5, 0.6) is 5.88 Å². The van der Waals surface area contributed by atoms with E-state index < -0.39 is 0 Å². The number of nitrogen functional groups attached to an aromatic ring is 1. The van der Waals surface area contributed by atoms with Gasteiger partial charge >= 0.3 is 0 Å². The van der Waals surface area contributed by atoms with Crippen molar-refractivity contribution in [3.63, 3.8) is 0 Å². The standard InChI is InChI=1S/C14H16N2OS/c1-10-6-7-11(15)8-13(10)18-9-12-4-3-5-14(16-12)17-2/h3-8H,9,15H2,1-2H3. The average Bonchev–Trinajstić information content (AvgIpc) is 2.40. The van der Waals surface area contributed by atoms with Crippen LogP contribution in [0.3, 0.4) is 0 Å². The molecule has 1 heterocycles. The molecule has 0 aliphatic rings. The van der Waals surface area contributed by atoms with E-state index in [9.17, 15) is 0 Å². The van der Waals surface area contributed by atoms with Crippen LogP contribution in [-0.4, -0.2) is 12.1 Å². The van der Waals surface area contributed by atoms with Crippen LogP contribution in [0.25, 0.3) is 0 Å². The number of pyridine rings is 1. The maximum Gasteiger partial charge on any atom is 0.213 e. The van der Waals surface area contributed by atoms with Crippen molar-refractivity contribution in [1.29, 1.82) is 0 Å². The van der Waals surface area contributed by atoms with Crippen molar-refractivity contribution >= 4 is 17.4 Å². The third-order valence-corrected chi connectivity index (χ3v) is 3.77. The Morgan fingerprint density at radius 1 is 1.28 bits per heavy atom. The average molecular weight is 260 g/mol. The Morgan fingerprint density at radius 3 is 2.89 bits per heavy atom. The van der Waals surface area contributed by atoms with Crippen molar-refractivity contribution < 1.29 is 4.74 Å². The molecule has 0 saturated heterocycles. The van der Waals surface area contributed by atoms with E-state index in [0.29, 0.717) is 5.88 Å². The highest BCUT2D eigenvalue weighted by Crippen LogP contribution is 2.27. The topological polar surface area (TPSA) is 48.1 Å². The van der Waals surface area contributed by atoms with Crippen LogP contribution in [0.2, 0.25) is 0 Å². The van der Waals surface area contributed by atoms with Crippen LogP contribution >= 0.6 is 11.8 Å². The molecular weight excluding hydrogens is 244 g/mol. The monoisotopic (exact) mass is 260 g/mol. The summed E-state index contributed by atoms with van der Waals surface area (Å²) in [7, 11) is 1.63. The zero-order valence-corrected chi connectivity index (χ0v) is 11.3. The normalized spacial score (nSPS) is 10.3. The number of aromatic nitrogens is 1. The van der Waals surface area contributed by atoms with Crippen molar-refractivity contribution in [2.45, 2.75) is 17.6 Å². The molecule has 2 aromatic rings. The van der Waals surface area contributed by atoms with Gasteiger partial charge in [0.1, 0.15) is 0 Å². The minimum Gasteiger partial charge on any atom is -0.481 e. The van der Waals surface area contributed by atoms with Gasteiger partial charge in [-0.05, 0) is 30.7 Å². The van der Waals surface area contributed by atoms with Gasteiger partial charge in [-0.3, -0.25) is 0 Å². The quantitative estimate of drug-likeness (QED) is 0.677. The largest absolute Gasteiger partial charge is 0.481 e. The maximum absolute atomic E-state index is 5.79. The minimum atomic E-state index is 0.650. The Hall–Kier alpha value is -1.68. The van der Waals surface area contributed by atoms with Gasteiger partial charge in [-0.1, -0.05) is 12.1 Å². The first kappa shape index (κ1) is 12.8. The van der Waals surface area contributed by atoms with Crippen molar-refractivity contribution in [1.82, 2.24) is 4.98 Å². The van der Waals surface area contributed by atoms with E-state index in [2.05, 4.69) is 11.9 Å². The number of ether oxygens (including phenoxy) is 1. The third kappa shape index (κ3) is 3.17. The number of nitrogens with two attached hydrogens (primary N) is 1. The highest BCUT2D eigenvalue weighted by molar-refractivity contribution is 7.98. The Morgan fingerprint density at radius 2 is 2.11 bits per heavy atom. The fourth-order valence-electron chi connectivity index (χ4n) is 1.58. The molecule has 18 heavy (non-hydrogen) atoms. The molecule has 0 atom stereocenters. The zero-order valence-electron chi connectivity index (χ0n) is 10.5. The Balaban J connectivity index is 2.08. The summed E-state index contributed by atoms with van der Waals surface area (Å²) in [4.78, 5) is 5.58. The molecule has 3 nitrogen and oxygen atoms in total. The molecule has 0 spiro atoms. The SMILES string of the molecule is COc1cccc(CSc2cc(N)ccc2C)n1. The molecule has 94 valence electrons. The van der Waals surface area contributed by atoms with Crippen LogP contribution in [0.4, 0.5) is 5.69 Å². The smallest absolute Gasteiger partial charge is 0.213 e. The van der Waals surface area contributed by atoms with E-state index >= 15 is 0 Å². The van der Waals surface area contributed by atoms with Gasteiger partial charge < -0.3 is 10.5 Å². The van der Waals surface area contributed by atoms with Gasteiger partial charge in [0.2, 0.25) is 5.88 Å². The maximum atomic E-state index is 5.79. The highest BCUT2D eigenvalue weighted by Gasteiger charge is 2.03. The minimum absolute atomic E-state index is 0.650. The van der Waals surface area contributed by atoms with Crippen LogP contribution in [0.15, 0.2) is 41.3 Å². The predicted octanol–water partition coefficient (Wildman–Crippen LogP) is 3.27. The summed E-state index contributed by atoms with van der Waals surface area (Å²) in [5, 5.41) is 0. The summed E-state index contributed by atoms with van der Waals surface area (Å²) in [6.07, 6.45) is 0. The Bertz CT molecular complexity index is 543. The molecule has 0 aliphatic carbocycles. The number of anilines is 1. The molecule has 0 fully saturated rings. The van der Waals surface area contributed by atoms with Gasteiger partial charge in [-0.2, -0.15) is 0 Å². The fourth-order valence-corrected chi connectivity index (χ4v) is 2.55. The lowest BCUT2D eigenvalue weighted by molar-refractivity contribution is 0.397. The van der Waals surface area contributed by atoms with Crippen LogP contribution in [-0.2, 0) is 5.75 Å². The second kappa shape index (κ2) is 5.78. The number of methoxy groups -OCH3 is 1. The molecule has 0 aliphatic heterocycles. The number of benzene rings is 1. The molecule has 2 rings (SSSR count). The highest BCUT2D eigenvalue weighted by atomic mass is 32.2. The summed E-state index contributed by atoms with van der Waals surface area (Å²) >= 11 is 1.74. The van der Waals surface area contributed by atoms with Crippen LogP contribution in [0.1, 0.15) is 11.3 Å². The number of hydrogen-bond donors (Lipinski definition) is 1. The first-order valence-electron chi connectivity index (χ1n) is 5.68. The number of rotatable bonds is 4. The van der Waals surface area contributed by atoms with Gasteiger partial charge in [0.15, 0.2) is 0 Å². The second-order valence-corrected chi connectivity index (χ2v) is 5.00. The zero-order chi connectivity index (χ0) is 13.0. The molecule has 4 heteroatoms. The summed E-state index contributed by atoms with van der Waals surface area (Å²) in [6.45, 7) is 2.08. The van der Waals surface area contributed by atoms with E-state index in [4.69, 9.17) is 10.5 Å². The fraction of sp³-hybridized carbons (Fsp3) is 0.214. The first-order chi connectivity index (χ1) is 8.69. The first-order valence-corrected chi connectivity index (χ1v) is 6.66. The van der Waals surface area contributed by atoms with Crippen molar-refractivity contribution in [3.8, 4) is 5.88 Å². The molecule has 0 unspecified atom stereocenters. The number of hydrogen-bond acceptors (Lipinski definition) is 4. The second-order valence-electron chi connectivity index (χ2n) is 3.98. The molecule has 0 saturated carbocycles. The lowest BCUT2D eigenvalue weighted by atomic mass is 10.2. The van der Waals surface area contributed by atoms with Crippen LogP contribution in [0, 0.1) is 6.92 Å². The Kier molecular flexibility index (Phi) is 4.10. The third-order valence-electron chi connectivity index (χ3n) is 2.58. The molecule has 0 radical (unpaired) electrons. The van der Waals surface area contributed by atoms with E-state index in [0.717, 1.165) is 17.1 Å².